The molecule has 1 aromatic heterocycles. The predicted molar refractivity (Wildman–Crippen MR) is 58.1 cm³/mol. The Hall–Kier alpha value is -0.280. The van der Waals surface area contributed by atoms with E-state index in [1.165, 1.54) is 0 Å². The summed E-state index contributed by atoms with van der Waals surface area (Å²) in [6, 6.07) is 1.83. The van der Waals surface area contributed by atoms with E-state index in [9.17, 15) is 0 Å². The standard InChI is InChI=1S/C9H13ClN2S/c1-8(3-4-10)13-7-9-11-5-2-6-12-9/h2,5-6,8H,3-4,7H2,1H3. The van der Waals surface area contributed by atoms with Gasteiger partial charge in [-0.05, 0) is 12.5 Å². The molecule has 0 saturated heterocycles. The van der Waals surface area contributed by atoms with Crippen molar-refractivity contribution in [3.63, 3.8) is 0 Å². The van der Waals surface area contributed by atoms with Gasteiger partial charge in [-0.15, -0.1) is 11.6 Å². The van der Waals surface area contributed by atoms with E-state index in [1.807, 2.05) is 17.8 Å². The maximum atomic E-state index is 5.63. The Balaban J connectivity index is 2.27. The number of alkyl halides is 1. The summed E-state index contributed by atoms with van der Waals surface area (Å²) in [5, 5.41) is 0.585. The third-order valence-corrected chi connectivity index (χ3v) is 3.08. The van der Waals surface area contributed by atoms with Crippen LogP contribution in [0, 0.1) is 0 Å². The molecule has 0 radical (unpaired) electrons. The van der Waals surface area contributed by atoms with Crippen molar-refractivity contribution in [2.75, 3.05) is 5.88 Å². The summed E-state index contributed by atoms with van der Waals surface area (Å²) >= 11 is 7.48. The molecule has 0 aliphatic heterocycles. The second-order valence-electron chi connectivity index (χ2n) is 2.76. The van der Waals surface area contributed by atoms with Crippen LogP contribution in [0.5, 0.6) is 0 Å². The van der Waals surface area contributed by atoms with E-state index >= 15 is 0 Å². The van der Waals surface area contributed by atoms with Gasteiger partial charge < -0.3 is 0 Å². The second-order valence-corrected chi connectivity index (χ2v) is 4.57. The minimum atomic E-state index is 0.585. The molecule has 0 bridgehead atoms. The highest BCUT2D eigenvalue weighted by molar-refractivity contribution is 7.99. The summed E-state index contributed by atoms with van der Waals surface area (Å²) in [5.74, 6) is 2.50. The SMILES string of the molecule is CC(CCCl)SCc1ncccn1. The molecule has 4 heteroatoms. The van der Waals surface area contributed by atoms with Crippen LogP contribution in [0.2, 0.25) is 0 Å². The average Bonchev–Trinajstić information content (AvgIpc) is 2.17. The van der Waals surface area contributed by atoms with Gasteiger partial charge in [0.25, 0.3) is 0 Å². The van der Waals surface area contributed by atoms with Crippen molar-refractivity contribution in [3.05, 3.63) is 24.3 Å². The summed E-state index contributed by atoms with van der Waals surface area (Å²) in [6.07, 6.45) is 4.59. The fourth-order valence-electron chi connectivity index (χ4n) is 0.858. The van der Waals surface area contributed by atoms with Crippen LogP contribution in [0.4, 0.5) is 0 Å². The molecule has 0 aromatic carbocycles. The van der Waals surface area contributed by atoms with Gasteiger partial charge in [0.15, 0.2) is 0 Å². The van der Waals surface area contributed by atoms with Crippen molar-refractivity contribution >= 4 is 23.4 Å². The number of nitrogens with zero attached hydrogens (tertiary/aromatic N) is 2. The highest BCUT2D eigenvalue weighted by atomic mass is 35.5. The van der Waals surface area contributed by atoms with Crippen LogP contribution >= 0.6 is 23.4 Å². The molecule has 1 aromatic rings. The molecule has 1 heterocycles. The first kappa shape index (κ1) is 10.8. The van der Waals surface area contributed by atoms with Crippen molar-refractivity contribution in [1.29, 1.82) is 0 Å². The third kappa shape index (κ3) is 4.48. The summed E-state index contributed by atoms with van der Waals surface area (Å²) in [7, 11) is 0. The Morgan fingerprint density at radius 3 is 2.77 bits per heavy atom. The quantitative estimate of drug-likeness (QED) is 0.708. The topological polar surface area (TPSA) is 25.8 Å². The molecule has 0 aliphatic carbocycles. The summed E-state index contributed by atoms with van der Waals surface area (Å²) in [4.78, 5) is 8.29. The molecule has 0 N–H and O–H groups in total. The second kappa shape index (κ2) is 6.22. The molecule has 0 fully saturated rings. The Labute approximate surface area is 88.1 Å². The number of aromatic nitrogens is 2. The Morgan fingerprint density at radius 1 is 1.46 bits per heavy atom. The summed E-state index contributed by atoms with van der Waals surface area (Å²) in [6.45, 7) is 2.18. The van der Waals surface area contributed by atoms with Crippen molar-refractivity contribution in [1.82, 2.24) is 9.97 Å². The molecule has 1 unspecified atom stereocenters. The number of hydrogen-bond acceptors (Lipinski definition) is 3. The van der Waals surface area contributed by atoms with Gasteiger partial charge in [0.2, 0.25) is 0 Å². The van der Waals surface area contributed by atoms with Crippen LogP contribution in [-0.4, -0.2) is 21.1 Å². The van der Waals surface area contributed by atoms with Gasteiger partial charge in [-0.3, -0.25) is 0 Å². The van der Waals surface area contributed by atoms with Gasteiger partial charge in [-0.25, -0.2) is 9.97 Å². The molecular weight excluding hydrogens is 204 g/mol. The molecule has 1 atom stereocenters. The lowest BCUT2D eigenvalue weighted by atomic mass is 10.4. The molecule has 0 spiro atoms. The van der Waals surface area contributed by atoms with E-state index in [0.29, 0.717) is 5.25 Å². The van der Waals surface area contributed by atoms with E-state index in [-0.39, 0.29) is 0 Å². The molecule has 13 heavy (non-hydrogen) atoms. The first-order valence-corrected chi connectivity index (χ1v) is 5.84. The predicted octanol–water partition coefficient (Wildman–Crippen LogP) is 2.73. The van der Waals surface area contributed by atoms with Crippen molar-refractivity contribution < 1.29 is 0 Å². The summed E-state index contributed by atoms with van der Waals surface area (Å²) < 4.78 is 0. The maximum absolute atomic E-state index is 5.63. The molecular formula is C9H13ClN2S. The number of thioether (sulfide) groups is 1. The third-order valence-electron chi connectivity index (χ3n) is 1.63. The monoisotopic (exact) mass is 216 g/mol. The summed E-state index contributed by atoms with van der Waals surface area (Å²) in [5.41, 5.74) is 0. The van der Waals surface area contributed by atoms with Crippen LogP contribution < -0.4 is 0 Å². The molecule has 72 valence electrons. The van der Waals surface area contributed by atoms with Gasteiger partial charge in [-0.2, -0.15) is 11.8 Å². The molecule has 1 rings (SSSR count). The minimum Gasteiger partial charge on any atom is -0.240 e. The molecule has 2 nitrogen and oxygen atoms in total. The zero-order valence-electron chi connectivity index (χ0n) is 7.61. The van der Waals surface area contributed by atoms with Crippen molar-refractivity contribution in [3.8, 4) is 0 Å². The van der Waals surface area contributed by atoms with E-state index in [0.717, 1.165) is 23.9 Å². The van der Waals surface area contributed by atoms with Crippen LogP contribution in [-0.2, 0) is 5.75 Å². The van der Waals surface area contributed by atoms with E-state index < -0.39 is 0 Å². The number of halogens is 1. The number of hydrogen-bond donors (Lipinski definition) is 0. The highest BCUT2D eigenvalue weighted by Crippen LogP contribution is 2.17. The van der Waals surface area contributed by atoms with E-state index in [2.05, 4.69) is 16.9 Å². The van der Waals surface area contributed by atoms with Gasteiger partial charge in [-0.1, -0.05) is 6.92 Å². The van der Waals surface area contributed by atoms with Crippen LogP contribution in [0.15, 0.2) is 18.5 Å². The molecule has 0 amide bonds. The van der Waals surface area contributed by atoms with Gasteiger partial charge in [0.05, 0.1) is 5.75 Å². The smallest absolute Gasteiger partial charge is 0.138 e. The normalized spacial score (nSPS) is 12.8. The lowest BCUT2D eigenvalue weighted by molar-refractivity contribution is 0.907. The molecule has 0 saturated carbocycles. The Kier molecular flexibility index (Phi) is 5.16. The van der Waals surface area contributed by atoms with Crippen molar-refractivity contribution in [2.24, 2.45) is 0 Å². The van der Waals surface area contributed by atoms with Gasteiger partial charge in [0.1, 0.15) is 5.82 Å². The fraction of sp³-hybridized carbons (Fsp3) is 0.556. The van der Waals surface area contributed by atoms with Gasteiger partial charge >= 0.3 is 0 Å². The van der Waals surface area contributed by atoms with E-state index in [4.69, 9.17) is 11.6 Å². The highest BCUT2D eigenvalue weighted by Gasteiger charge is 2.02. The minimum absolute atomic E-state index is 0.585. The lowest BCUT2D eigenvalue weighted by Crippen LogP contribution is -1.99. The first-order chi connectivity index (χ1) is 6.33. The van der Waals surface area contributed by atoms with E-state index in [1.54, 1.807) is 12.4 Å². The first-order valence-electron chi connectivity index (χ1n) is 4.26. The zero-order valence-corrected chi connectivity index (χ0v) is 9.18. The van der Waals surface area contributed by atoms with Gasteiger partial charge in [0, 0.05) is 23.5 Å². The van der Waals surface area contributed by atoms with Crippen LogP contribution in [0.1, 0.15) is 19.2 Å². The number of rotatable bonds is 5. The Bertz CT molecular complexity index is 230. The fourth-order valence-corrected chi connectivity index (χ4v) is 2.18. The Morgan fingerprint density at radius 2 is 2.15 bits per heavy atom. The lowest BCUT2D eigenvalue weighted by Gasteiger charge is -2.07. The largest absolute Gasteiger partial charge is 0.240 e. The van der Waals surface area contributed by atoms with Crippen LogP contribution in [0.25, 0.3) is 0 Å². The maximum Gasteiger partial charge on any atom is 0.138 e. The molecule has 0 aliphatic rings. The van der Waals surface area contributed by atoms with Crippen LogP contribution in [0.3, 0.4) is 0 Å². The average molecular weight is 217 g/mol. The van der Waals surface area contributed by atoms with Crippen molar-refractivity contribution in [2.45, 2.75) is 24.3 Å². The zero-order chi connectivity index (χ0) is 9.52.